The first kappa shape index (κ1) is 14.4. The molecule has 2 rings (SSSR count). The summed E-state index contributed by atoms with van der Waals surface area (Å²) >= 11 is 7.59. The van der Waals surface area contributed by atoms with Gasteiger partial charge in [-0.2, -0.15) is 5.10 Å². The van der Waals surface area contributed by atoms with Gasteiger partial charge in [-0.05, 0) is 31.8 Å². The highest BCUT2D eigenvalue weighted by Gasteiger charge is 2.26. The molecule has 0 fully saturated rings. The summed E-state index contributed by atoms with van der Waals surface area (Å²) in [6.45, 7) is 6.13. The Morgan fingerprint density at radius 1 is 1.53 bits per heavy atom. The minimum atomic E-state index is -0.243. The molecule has 19 heavy (non-hydrogen) atoms. The minimum Gasteiger partial charge on any atom is -0.270 e. The molecule has 1 atom stereocenters. The largest absolute Gasteiger partial charge is 0.270 e. The van der Waals surface area contributed by atoms with E-state index < -0.39 is 0 Å². The number of hydrogen-bond donors (Lipinski definition) is 2. The zero-order chi connectivity index (χ0) is 14.0. The van der Waals surface area contributed by atoms with Gasteiger partial charge in [0.25, 0.3) is 0 Å². The lowest BCUT2D eigenvalue weighted by atomic mass is 10.1. The third kappa shape index (κ3) is 2.64. The molecular formula is C11H17ClN6S. The quantitative estimate of drug-likeness (QED) is 0.652. The number of aryl methyl sites for hydroxylation is 1. The minimum absolute atomic E-state index is 0.198. The van der Waals surface area contributed by atoms with Gasteiger partial charge in [0.1, 0.15) is 6.04 Å². The number of nitrogens with zero attached hydrogens (tertiary/aromatic N) is 4. The SMILES string of the molecule is CCc1nnsc1C(NN)c1c(Cl)cnn1C(C)C. The highest BCUT2D eigenvalue weighted by molar-refractivity contribution is 7.05. The van der Waals surface area contributed by atoms with Crippen LogP contribution in [-0.4, -0.2) is 19.4 Å². The van der Waals surface area contributed by atoms with Crippen molar-refractivity contribution in [1.29, 1.82) is 0 Å². The smallest absolute Gasteiger partial charge is 0.102 e. The summed E-state index contributed by atoms with van der Waals surface area (Å²) in [5, 5.41) is 9.01. The molecule has 6 nitrogen and oxygen atoms in total. The first-order chi connectivity index (χ1) is 9.10. The van der Waals surface area contributed by atoms with Gasteiger partial charge in [0, 0.05) is 6.04 Å². The van der Waals surface area contributed by atoms with E-state index in [1.54, 1.807) is 6.20 Å². The van der Waals surface area contributed by atoms with Gasteiger partial charge in [0.2, 0.25) is 0 Å². The van der Waals surface area contributed by atoms with Gasteiger partial charge in [0.15, 0.2) is 0 Å². The molecule has 0 aromatic carbocycles. The summed E-state index contributed by atoms with van der Waals surface area (Å²) in [5.74, 6) is 5.72. The van der Waals surface area contributed by atoms with E-state index in [0.29, 0.717) is 5.02 Å². The summed E-state index contributed by atoms with van der Waals surface area (Å²) < 4.78 is 5.87. The number of hydrazine groups is 1. The van der Waals surface area contributed by atoms with Crippen LogP contribution in [0.1, 0.15) is 49.1 Å². The maximum absolute atomic E-state index is 6.26. The van der Waals surface area contributed by atoms with Crippen LogP contribution in [0.2, 0.25) is 5.02 Å². The number of rotatable bonds is 5. The average molecular weight is 301 g/mol. The maximum atomic E-state index is 6.26. The molecule has 2 aromatic heterocycles. The van der Waals surface area contributed by atoms with Gasteiger partial charge in [-0.1, -0.05) is 23.0 Å². The van der Waals surface area contributed by atoms with Gasteiger partial charge in [-0.25, -0.2) is 5.43 Å². The fourth-order valence-electron chi connectivity index (χ4n) is 1.99. The van der Waals surface area contributed by atoms with Crippen LogP contribution in [0.15, 0.2) is 6.20 Å². The molecule has 8 heteroatoms. The van der Waals surface area contributed by atoms with Crippen LogP contribution in [-0.2, 0) is 6.42 Å². The Labute approximate surface area is 121 Å². The molecule has 3 N–H and O–H groups in total. The van der Waals surface area contributed by atoms with E-state index in [-0.39, 0.29) is 12.1 Å². The molecule has 0 aliphatic rings. The van der Waals surface area contributed by atoms with E-state index in [0.717, 1.165) is 22.7 Å². The Hall–Kier alpha value is -1.02. The third-order valence-electron chi connectivity index (χ3n) is 2.90. The van der Waals surface area contributed by atoms with Crippen LogP contribution >= 0.6 is 23.1 Å². The molecular weight excluding hydrogens is 284 g/mol. The van der Waals surface area contributed by atoms with Crippen LogP contribution < -0.4 is 11.3 Å². The lowest BCUT2D eigenvalue weighted by molar-refractivity contribution is 0.477. The molecule has 1 unspecified atom stereocenters. The summed E-state index contributed by atoms with van der Waals surface area (Å²) in [7, 11) is 0. The number of nitrogens with one attached hydrogen (secondary N) is 1. The molecule has 104 valence electrons. The van der Waals surface area contributed by atoms with Crippen LogP contribution in [0, 0.1) is 0 Å². The predicted molar refractivity (Wildman–Crippen MR) is 76.1 cm³/mol. The molecule has 2 aromatic rings. The molecule has 0 saturated heterocycles. The van der Waals surface area contributed by atoms with Gasteiger partial charge < -0.3 is 0 Å². The second-order valence-electron chi connectivity index (χ2n) is 4.45. The van der Waals surface area contributed by atoms with Crippen LogP contribution in [0.4, 0.5) is 0 Å². The fourth-order valence-corrected chi connectivity index (χ4v) is 3.03. The second kappa shape index (κ2) is 5.96. The number of halogens is 1. The molecule has 0 saturated carbocycles. The number of hydrogen-bond acceptors (Lipinski definition) is 6. The summed E-state index contributed by atoms with van der Waals surface area (Å²) in [6, 6.07) is -0.0448. The van der Waals surface area contributed by atoms with Crippen molar-refractivity contribution in [2.75, 3.05) is 0 Å². The van der Waals surface area contributed by atoms with Crippen molar-refractivity contribution in [3.63, 3.8) is 0 Å². The molecule has 0 spiro atoms. The van der Waals surface area contributed by atoms with Crippen LogP contribution in [0.5, 0.6) is 0 Å². The summed E-state index contributed by atoms with van der Waals surface area (Å²) in [6.07, 6.45) is 2.44. The standard InChI is InChI=1S/C11H17ClN6S/c1-4-8-11(19-17-16-8)9(15-13)10-7(12)5-14-18(10)6(2)3/h5-6,9,15H,4,13H2,1-3H3. The van der Waals surface area contributed by atoms with Crippen molar-refractivity contribution < 1.29 is 0 Å². The molecule has 0 amide bonds. The van der Waals surface area contributed by atoms with Crippen molar-refractivity contribution in [1.82, 2.24) is 24.8 Å². The Balaban J connectivity index is 2.51. The van der Waals surface area contributed by atoms with E-state index >= 15 is 0 Å². The van der Waals surface area contributed by atoms with Crippen LogP contribution in [0.25, 0.3) is 0 Å². The Morgan fingerprint density at radius 3 is 2.84 bits per heavy atom. The monoisotopic (exact) mass is 300 g/mol. The van der Waals surface area contributed by atoms with Crippen molar-refractivity contribution in [2.24, 2.45) is 5.84 Å². The second-order valence-corrected chi connectivity index (χ2v) is 5.65. The first-order valence-electron chi connectivity index (χ1n) is 6.10. The molecule has 0 radical (unpaired) electrons. The lowest BCUT2D eigenvalue weighted by Gasteiger charge is -2.19. The fraction of sp³-hybridized carbons (Fsp3) is 0.545. The Kier molecular flexibility index (Phi) is 4.51. The zero-order valence-electron chi connectivity index (χ0n) is 11.1. The first-order valence-corrected chi connectivity index (χ1v) is 7.25. The Bertz CT molecular complexity index is 549. The third-order valence-corrected chi connectivity index (χ3v) is 4.02. The molecule has 0 bridgehead atoms. The number of nitrogens with two attached hydrogens (primary N) is 1. The van der Waals surface area contributed by atoms with Gasteiger partial charge in [-0.3, -0.25) is 10.5 Å². The van der Waals surface area contributed by atoms with Crippen molar-refractivity contribution in [3.05, 3.63) is 27.5 Å². The normalized spacial score (nSPS) is 13.2. The Morgan fingerprint density at radius 2 is 2.26 bits per heavy atom. The lowest BCUT2D eigenvalue weighted by Crippen LogP contribution is -2.31. The highest BCUT2D eigenvalue weighted by atomic mass is 35.5. The highest BCUT2D eigenvalue weighted by Crippen LogP contribution is 2.32. The maximum Gasteiger partial charge on any atom is 0.102 e. The summed E-state index contributed by atoms with van der Waals surface area (Å²) in [4.78, 5) is 0.981. The average Bonchev–Trinajstić information content (AvgIpc) is 2.98. The van der Waals surface area contributed by atoms with E-state index in [1.807, 2.05) is 25.5 Å². The van der Waals surface area contributed by atoms with Crippen molar-refractivity contribution in [2.45, 2.75) is 39.3 Å². The zero-order valence-corrected chi connectivity index (χ0v) is 12.7. The summed E-state index contributed by atoms with van der Waals surface area (Å²) in [5.41, 5.74) is 4.58. The topological polar surface area (TPSA) is 81.7 Å². The molecule has 0 aliphatic carbocycles. The van der Waals surface area contributed by atoms with E-state index in [1.165, 1.54) is 11.5 Å². The van der Waals surface area contributed by atoms with Gasteiger partial charge in [0.05, 0.1) is 27.5 Å². The van der Waals surface area contributed by atoms with E-state index in [4.69, 9.17) is 17.4 Å². The van der Waals surface area contributed by atoms with Crippen molar-refractivity contribution >= 4 is 23.1 Å². The molecule has 2 heterocycles. The van der Waals surface area contributed by atoms with Crippen molar-refractivity contribution in [3.8, 4) is 0 Å². The molecule has 0 aliphatic heterocycles. The van der Waals surface area contributed by atoms with Crippen LogP contribution in [0.3, 0.4) is 0 Å². The predicted octanol–water partition coefficient (Wildman–Crippen LogP) is 2.08. The van der Waals surface area contributed by atoms with Gasteiger partial charge in [-0.15, -0.1) is 5.10 Å². The van der Waals surface area contributed by atoms with E-state index in [9.17, 15) is 0 Å². The van der Waals surface area contributed by atoms with E-state index in [2.05, 4.69) is 20.1 Å². The van der Waals surface area contributed by atoms with Gasteiger partial charge >= 0.3 is 0 Å². The number of aromatic nitrogens is 4.